The highest BCUT2D eigenvalue weighted by atomic mass is 19.4. The lowest BCUT2D eigenvalue weighted by Crippen LogP contribution is -2.33. The van der Waals surface area contributed by atoms with Gasteiger partial charge in [-0.1, -0.05) is 12.1 Å². The lowest BCUT2D eigenvalue weighted by Gasteiger charge is -2.12. The van der Waals surface area contributed by atoms with Crippen molar-refractivity contribution in [3.8, 4) is 11.4 Å². The van der Waals surface area contributed by atoms with Gasteiger partial charge in [-0.2, -0.15) is 18.0 Å². The molecule has 3 N–H and O–H groups in total. The van der Waals surface area contributed by atoms with Gasteiger partial charge in [0.1, 0.15) is 0 Å². The fourth-order valence-corrected chi connectivity index (χ4v) is 1.48. The molecule has 0 aliphatic heterocycles. The van der Waals surface area contributed by atoms with E-state index in [0.29, 0.717) is 10.4 Å². The molecule has 10 heteroatoms. The Morgan fingerprint density at radius 2 is 1.95 bits per heavy atom. The van der Waals surface area contributed by atoms with Crippen molar-refractivity contribution in [2.45, 2.75) is 18.8 Å². The van der Waals surface area contributed by atoms with Crippen LogP contribution in [0.5, 0.6) is 0 Å². The first kappa shape index (κ1) is 14.9. The summed E-state index contributed by atoms with van der Waals surface area (Å²) in [6, 6.07) is 5.84. The number of rotatable bonds is 4. The molecule has 1 aromatic carbocycles. The van der Waals surface area contributed by atoms with Gasteiger partial charge in [-0.25, -0.2) is 0 Å². The standard InChI is InChI=1S/C11H10F3N5O2/c12-11(13,14)8(20)5-19-17-10(16-18-19)7-3-1-6(2-4-7)9(15)21/h1-4,8,20H,5H2,(H2,15,21)/t8-/m1/s1. The lowest BCUT2D eigenvalue weighted by molar-refractivity contribution is -0.208. The number of primary amides is 1. The van der Waals surface area contributed by atoms with Crippen molar-refractivity contribution >= 4 is 5.91 Å². The first-order valence-corrected chi connectivity index (χ1v) is 5.70. The number of halogens is 3. The number of nitrogens with two attached hydrogens (primary N) is 1. The number of amides is 1. The van der Waals surface area contributed by atoms with E-state index in [4.69, 9.17) is 10.8 Å². The maximum atomic E-state index is 12.2. The molecule has 1 heterocycles. The largest absolute Gasteiger partial charge is 0.416 e. The topological polar surface area (TPSA) is 107 Å². The molecule has 1 aromatic heterocycles. The van der Waals surface area contributed by atoms with Crippen molar-refractivity contribution in [3.63, 3.8) is 0 Å². The number of hydrogen-bond donors (Lipinski definition) is 2. The summed E-state index contributed by atoms with van der Waals surface area (Å²) in [5.74, 6) is -0.535. The van der Waals surface area contributed by atoms with Gasteiger partial charge in [0.25, 0.3) is 0 Å². The molecule has 7 nitrogen and oxygen atoms in total. The average Bonchev–Trinajstić information content (AvgIpc) is 2.86. The van der Waals surface area contributed by atoms with E-state index in [-0.39, 0.29) is 11.4 Å². The van der Waals surface area contributed by atoms with Crippen LogP contribution in [0.4, 0.5) is 13.2 Å². The lowest BCUT2D eigenvalue weighted by atomic mass is 10.1. The Labute approximate surface area is 116 Å². The van der Waals surface area contributed by atoms with Gasteiger partial charge in [0.2, 0.25) is 11.7 Å². The zero-order chi connectivity index (χ0) is 15.6. The first-order chi connectivity index (χ1) is 9.77. The number of alkyl halides is 3. The Kier molecular flexibility index (Phi) is 3.89. The Bertz CT molecular complexity index is 638. The summed E-state index contributed by atoms with van der Waals surface area (Å²) in [5.41, 5.74) is 5.81. The molecule has 112 valence electrons. The van der Waals surface area contributed by atoms with Crippen molar-refractivity contribution in [2.75, 3.05) is 0 Å². The maximum absolute atomic E-state index is 12.2. The molecular formula is C11H10F3N5O2. The summed E-state index contributed by atoms with van der Waals surface area (Å²) in [4.78, 5) is 11.6. The van der Waals surface area contributed by atoms with Gasteiger partial charge in [0.05, 0.1) is 6.54 Å². The number of carbonyl (C=O) groups excluding carboxylic acids is 1. The van der Waals surface area contributed by atoms with E-state index in [1.165, 1.54) is 24.3 Å². The number of nitrogens with zero attached hydrogens (tertiary/aromatic N) is 4. The monoisotopic (exact) mass is 301 g/mol. The van der Waals surface area contributed by atoms with Crippen LogP contribution in [-0.2, 0) is 6.54 Å². The molecule has 2 rings (SSSR count). The highest BCUT2D eigenvalue weighted by molar-refractivity contribution is 5.93. The minimum atomic E-state index is -4.75. The minimum Gasteiger partial charge on any atom is -0.382 e. The highest BCUT2D eigenvalue weighted by Crippen LogP contribution is 2.21. The number of benzene rings is 1. The molecule has 2 aromatic rings. The van der Waals surface area contributed by atoms with Crippen LogP contribution in [0.25, 0.3) is 11.4 Å². The second-order valence-corrected chi connectivity index (χ2v) is 4.17. The Hall–Kier alpha value is -2.49. The van der Waals surface area contributed by atoms with Crippen molar-refractivity contribution < 1.29 is 23.1 Å². The molecule has 1 amide bonds. The van der Waals surface area contributed by atoms with E-state index < -0.39 is 24.7 Å². The molecule has 0 saturated heterocycles. The molecule has 0 saturated carbocycles. The normalized spacial score (nSPS) is 13.1. The van der Waals surface area contributed by atoms with Gasteiger partial charge < -0.3 is 10.8 Å². The molecular weight excluding hydrogens is 291 g/mol. The first-order valence-electron chi connectivity index (χ1n) is 5.70. The Morgan fingerprint density at radius 3 is 2.48 bits per heavy atom. The molecule has 0 bridgehead atoms. The maximum Gasteiger partial charge on any atom is 0.416 e. The summed E-state index contributed by atoms with van der Waals surface area (Å²) in [5, 5.41) is 19.6. The number of carbonyl (C=O) groups is 1. The van der Waals surface area contributed by atoms with Crippen LogP contribution in [0.15, 0.2) is 24.3 Å². The summed E-state index contributed by atoms with van der Waals surface area (Å²) >= 11 is 0. The number of aliphatic hydroxyl groups is 1. The van der Waals surface area contributed by atoms with Crippen LogP contribution < -0.4 is 5.73 Å². The number of tetrazole rings is 1. The van der Waals surface area contributed by atoms with Crippen LogP contribution in [0.3, 0.4) is 0 Å². The van der Waals surface area contributed by atoms with Crippen LogP contribution in [0, 0.1) is 0 Å². The van der Waals surface area contributed by atoms with Gasteiger partial charge in [0, 0.05) is 11.1 Å². The smallest absolute Gasteiger partial charge is 0.382 e. The van der Waals surface area contributed by atoms with Crippen molar-refractivity contribution in [2.24, 2.45) is 5.73 Å². The highest BCUT2D eigenvalue weighted by Gasteiger charge is 2.38. The van der Waals surface area contributed by atoms with E-state index >= 15 is 0 Å². The van der Waals surface area contributed by atoms with E-state index in [1.54, 1.807) is 0 Å². The van der Waals surface area contributed by atoms with E-state index in [2.05, 4.69) is 15.4 Å². The summed E-state index contributed by atoms with van der Waals surface area (Å²) < 4.78 is 36.6. The summed E-state index contributed by atoms with van der Waals surface area (Å²) in [6.45, 7) is -0.851. The molecule has 0 fully saturated rings. The van der Waals surface area contributed by atoms with Gasteiger partial charge in [-0.3, -0.25) is 4.79 Å². The second kappa shape index (κ2) is 5.48. The molecule has 21 heavy (non-hydrogen) atoms. The molecule has 0 radical (unpaired) electrons. The SMILES string of the molecule is NC(=O)c1ccc(-c2nnn(C[C@@H](O)C(F)(F)F)n2)cc1. The fourth-order valence-electron chi connectivity index (χ4n) is 1.48. The molecule has 0 aliphatic carbocycles. The zero-order valence-corrected chi connectivity index (χ0v) is 10.4. The fraction of sp³-hybridized carbons (Fsp3) is 0.273. The Balaban J connectivity index is 2.14. The zero-order valence-electron chi connectivity index (χ0n) is 10.4. The number of aliphatic hydroxyl groups excluding tert-OH is 1. The van der Waals surface area contributed by atoms with E-state index in [1.807, 2.05) is 0 Å². The second-order valence-electron chi connectivity index (χ2n) is 4.17. The third-order valence-electron chi connectivity index (χ3n) is 2.59. The van der Waals surface area contributed by atoms with Crippen LogP contribution in [-0.4, -0.2) is 43.5 Å². The van der Waals surface area contributed by atoms with Crippen LogP contribution >= 0.6 is 0 Å². The third-order valence-corrected chi connectivity index (χ3v) is 2.59. The van der Waals surface area contributed by atoms with Gasteiger partial charge in [0.15, 0.2) is 6.10 Å². The minimum absolute atomic E-state index is 0.0698. The van der Waals surface area contributed by atoms with Gasteiger partial charge >= 0.3 is 6.18 Å². The van der Waals surface area contributed by atoms with Crippen LogP contribution in [0.2, 0.25) is 0 Å². The summed E-state index contributed by atoms with van der Waals surface area (Å²) in [7, 11) is 0. The van der Waals surface area contributed by atoms with Crippen molar-refractivity contribution in [1.82, 2.24) is 20.2 Å². The number of aromatic nitrogens is 4. The third kappa shape index (κ3) is 3.54. The van der Waals surface area contributed by atoms with Crippen LogP contribution in [0.1, 0.15) is 10.4 Å². The Morgan fingerprint density at radius 1 is 1.33 bits per heavy atom. The molecule has 0 aliphatic rings. The molecule has 1 atom stereocenters. The molecule has 0 unspecified atom stereocenters. The van der Waals surface area contributed by atoms with Gasteiger partial charge in [-0.15, -0.1) is 10.2 Å². The van der Waals surface area contributed by atoms with E-state index in [9.17, 15) is 18.0 Å². The van der Waals surface area contributed by atoms with Gasteiger partial charge in [-0.05, 0) is 17.3 Å². The van der Waals surface area contributed by atoms with Crippen molar-refractivity contribution in [3.05, 3.63) is 29.8 Å². The predicted octanol–water partition coefficient (Wildman–Crippen LogP) is 0.362. The average molecular weight is 301 g/mol. The number of hydrogen-bond acceptors (Lipinski definition) is 5. The molecule has 0 spiro atoms. The van der Waals surface area contributed by atoms with Crippen molar-refractivity contribution in [1.29, 1.82) is 0 Å². The quantitative estimate of drug-likeness (QED) is 0.848. The predicted molar refractivity (Wildman–Crippen MR) is 63.8 cm³/mol. The van der Waals surface area contributed by atoms with E-state index in [0.717, 1.165) is 0 Å². The summed E-state index contributed by atoms with van der Waals surface area (Å²) in [6.07, 6.45) is -7.33.